The summed E-state index contributed by atoms with van der Waals surface area (Å²) >= 11 is 0. The molecular weight excluding hydrogens is 440 g/mol. The van der Waals surface area contributed by atoms with Gasteiger partial charge in [-0.05, 0) is 50.3 Å². The first kappa shape index (κ1) is 25.3. The van der Waals surface area contributed by atoms with Crippen molar-refractivity contribution in [3.63, 3.8) is 0 Å². The third-order valence-corrected chi connectivity index (χ3v) is 5.91. The van der Waals surface area contributed by atoms with E-state index < -0.39 is 18.5 Å². The number of rotatable bonds is 11. The first-order valence-corrected chi connectivity index (χ1v) is 11.3. The lowest BCUT2D eigenvalue weighted by Crippen LogP contribution is -2.22. The monoisotopic (exact) mass is 471 g/mol. The number of allylic oxidation sites excluding steroid dienone is 5. The van der Waals surface area contributed by atoms with E-state index >= 15 is 0 Å². The van der Waals surface area contributed by atoms with E-state index in [2.05, 4.69) is 29.5 Å². The number of aromatic nitrogens is 3. The molecule has 0 bridgehead atoms. The maximum absolute atomic E-state index is 12.9. The number of methoxy groups -OCH3 is 1. The molecule has 1 aliphatic carbocycles. The zero-order chi connectivity index (χ0) is 24.8. The molecule has 0 N–H and O–H groups in total. The molecule has 0 radical (unpaired) electrons. The average molecular weight is 472 g/mol. The van der Waals surface area contributed by atoms with Gasteiger partial charge in [-0.15, -0.1) is 0 Å². The SMILES string of the molecule is C=C(CC)C(=CC=C(C)OC)C1CC1COc1nc(C)ncc1-c1ccc(=O)n(CC(F)F)c1. The number of ether oxygens (including phenoxy) is 2. The molecule has 1 aliphatic rings. The van der Waals surface area contributed by atoms with E-state index in [-0.39, 0.29) is 0 Å². The number of hydrogen-bond acceptors (Lipinski definition) is 5. The highest BCUT2D eigenvalue weighted by Crippen LogP contribution is 2.47. The highest BCUT2D eigenvalue weighted by Gasteiger charge is 2.40. The maximum atomic E-state index is 12.9. The molecule has 2 aromatic rings. The molecular formula is C26H31F2N3O3. The van der Waals surface area contributed by atoms with E-state index in [4.69, 9.17) is 9.47 Å². The van der Waals surface area contributed by atoms with Gasteiger partial charge < -0.3 is 14.0 Å². The minimum absolute atomic E-state index is 0.307. The van der Waals surface area contributed by atoms with Crippen LogP contribution in [0.2, 0.25) is 0 Å². The highest BCUT2D eigenvalue weighted by atomic mass is 19.3. The van der Waals surface area contributed by atoms with Crippen LogP contribution in [0.5, 0.6) is 5.88 Å². The molecule has 0 aliphatic heterocycles. The van der Waals surface area contributed by atoms with Crippen LogP contribution in [-0.4, -0.2) is 34.7 Å². The van der Waals surface area contributed by atoms with Gasteiger partial charge in [0.2, 0.25) is 5.88 Å². The fraction of sp³-hybridized carbons (Fsp3) is 0.423. The van der Waals surface area contributed by atoms with Gasteiger partial charge in [0.25, 0.3) is 12.0 Å². The fourth-order valence-electron chi connectivity index (χ4n) is 3.72. The van der Waals surface area contributed by atoms with Crippen LogP contribution in [0, 0.1) is 18.8 Å². The molecule has 2 heterocycles. The van der Waals surface area contributed by atoms with Crippen molar-refractivity contribution < 1.29 is 18.3 Å². The summed E-state index contributed by atoms with van der Waals surface area (Å²) in [5, 5.41) is 0. The summed E-state index contributed by atoms with van der Waals surface area (Å²) in [6.07, 6.45) is 6.22. The van der Waals surface area contributed by atoms with E-state index in [1.165, 1.54) is 17.8 Å². The van der Waals surface area contributed by atoms with Crippen molar-refractivity contribution in [3.05, 3.63) is 76.3 Å². The van der Waals surface area contributed by atoms with Crippen LogP contribution in [0.1, 0.15) is 32.5 Å². The molecule has 6 nitrogen and oxygen atoms in total. The van der Waals surface area contributed by atoms with Gasteiger partial charge in [0.05, 0.1) is 31.6 Å². The van der Waals surface area contributed by atoms with Gasteiger partial charge in [-0.2, -0.15) is 4.98 Å². The molecule has 3 rings (SSSR count). The Hall–Kier alpha value is -3.29. The summed E-state index contributed by atoms with van der Waals surface area (Å²) in [5.41, 5.74) is 2.90. The third-order valence-electron chi connectivity index (χ3n) is 5.91. The lowest BCUT2D eigenvalue weighted by atomic mass is 9.99. The van der Waals surface area contributed by atoms with Crippen molar-refractivity contribution in [2.75, 3.05) is 13.7 Å². The van der Waals surface area contributed by atoms with Crippen LogP contribution >= 0.6 is 0 Å². The zero-order valence-corrected chi connectivity index (χ0v) is 20.1. The van der Waals surface area contributed by atoms with Crippen molar-refractivity contribution in [3.8, 4) is 17.0 Å². The molecule has 0 saturated heterocycles. The molecule has 34 heavy (non-hydrogen) atoms. The van der Waals surface area contributed by atoms with Gasteiger partial charge in [0.15, 0.2) is 0 Å². The topological polar surface area (TPSA) is 66.2 Å². The number of aryl methyl sites for hydroxylation is 1. The molecule has 0 spiro atoms. The van der Waals surface area contributed by atoms with E-state index in [9.17, 15) is 13.6 Å². The third kappa shape index (κ3) is 6.40. The Balaban J connectivity index is 1.79. The molecule has 8 heteroatoms. The molecule has 2 atom stereocenters. The van der Waals surface area contributed by atoms with Crippen molar-refractivity contribution in [2.45, 2.75) is 46.6 Å². The summed E-state index contributed by atoms with van der Waals surface area (Å²) in [5.74, 6) is 2.38. The summed E-state index contributed by atoms with van der Waals surface area (Å²) in [6.45, 7) is 9.73. The predicted octanol–water partition coefficient (Wildman–Crippen LogP) is 5.34. The largest absolute Gasteiger partial charge is 0.501 e. The van der Waals surface area contributed by atoms with E-state index in [1.54, 1.807) is 26.3 Å². The minimum atomic E-state index is -2.63. The van der Waals surface area contributed by atoms with Gasteiger partial charge in [-0.1, -0.05) is 25.2 Å². The van der Waals surface area contributed by atoms with E-state index in [0.717, 1.165) is 28.7 Å². The van der Waals surface area contributed by atoms with Gasteiger partial charge in [-0.3, -0.25) is 4.79 Å². The van der Waals surface area contributed by atoms with Crippen LogP contribution in [0.15, 0.2) is 65.0 Å². The standard InChI is InChI=1S/C26H31F2N3O3/c1-6-16(2)21(9-7-17(3)33-5)22-11-20(22)15-34-26-23(12-29-18(4)30-26)19-8-10-25(32)31(13-19)14-24(27)28/h7-10,12-13,20,22,24H,2,6,11,14-15H2,1,3-5H3. The number of halogens is 2. The van der Waals surface area contributed by atoms with Crippen LogP contribution in [-0.2, 0) is 11.3 Å². The Morgan fingerprint density at radius 2 is 2.12 bits per heavy atom. The molecule has 2 aromatic heterocycles. The normalized spacial score (nSPS) is 18.2. The smallest absolute Gasteiger partial charge is 0.256 e. The first-order chi connectivity index (χ1) is 16.2. The number of pyridine rings is 1. The first-order valence-electron chi connectivity index (χ1n) is 11.3. The summed E-state index contributed by atoms with van der Waals surface area (Å²) in [7, 11) is 1.64. The van der Waals surface area contributed by atoms with Gasteiger partial charge in [0.1, 0.15) is 5.82 Å². The number of alkyl halides is 2. The van der Waals surface area contributed by atoms with E-state index in [1.807, 2.05) is 13.0 Å². The zero-order valence-electron chi connectivity index (χ0n) is 20.1. The number of hydrogen-bond donors (Lipinski definition) is 0. The van der Waals surface area contributed by atoms with Crippen molar-refractivity contribution in [1.82, 2.24) is 14.5 Å². The van der Waals surface area contributed by atoms with Gasteiger partial charge in [-0.25, -0.2) is 13.8 Å². The summed E-state index contributed by atoms with van der Waals surface area (Å²) in [4.78, 5) is 20.6. The Bertz CT molecular complexity index is 1150. The van der Waals surface area contributed by atoms with Crippen LogP contribution < -0.4 is 10.3 Å². The van der Waals surface area contributed by atoms with Crippen LogP contribution in [0.4, 0.5) is 8.78 Å². The fourth-order valence-corrected chi connectivity index (χ4v) is 3.72. The van der Waals surface area contributed by atoms with Crippen LogP contribution in [0.3, 0.4) is 0 Å². The second kappa shape index (κ2) is 11.2. The Morgan fingerprint density at radius 3 is 2.79 bits per heavy atom. The molecule has 182 valence electrons. The van der Waals surface area contributed by atoms with Crippen molar-refractivity contribution >= 4 is 0 Å². The Morgan fingerprint density at radius 1 is 1.35 bits per heavy atom. The molecule has 0 amide bonds. The number of nitrogens with zero attached hydrogens (tertiary/aromatic N) is 3. The second-order valence-corrected chi connectivity index (χ2v) is 8.41. The van der Waals surface area contributed by atoms with E-state index in [0.29, 0.717) is 41.3 Å². The van der Waals surface area contributed by atoms with Gasteiger partial charge in [0, 0.05) is 29.9 Å². The molecule has 2 unspecified atom stereocenters. The summed E-state index contributed by atoms with van der Waals surface area (Å²) < 4.78 is 38.0. The summed E-state index contributed by atoms with van der Waals surface area (Å²) in [6, 6.07) is 2.84. The minimum Gasteiger partial charge on any atom is -0.501 e. The van der Waals surface area contributed by atoms with Crippen molar-refractivity contribution in [2.24, 2.45) is 11.8 Å². The Kier molecular flexibility index (Phi) is 8.36. The molecule has 1 fully saturated rings. The molecule has 0 aromatic carbocycles. The van der Waals surface area contributed by atoms with Crippen molar-refractivity contribution in [1.29, 1.82) is 0 Å². The lowest BCUT2D eigenvalue weighted by molar-refractivity contribution is 0.125. The quantitative estimate of drug-likeness (QED) is 0.327. The highest BCUT2D eigenvalue weighted by molar-refractivity contribution is 5.66. The van der Waals surface area contributed by atoms with Gasteiger partial charge >= 0.3 is 0 Å². The van der Waals surface area contributed by atoms with Crippen LogP contribution in [0.25, 0.3) is 11.1 Å². The second-order valence-electron chi connectivity index (χ2n) is 8.41. The molecule has 1 saturated carbocycles. The maximum Gasteiger partial charge on any atom is 0.256 e. The Labute approximate surface area is 198 Å². The lowest BCUT2D eigenvalue weighted by Gasteiger charge is -2.13. The predicted molar refractivity (Wildman–Crippen MR) is 128 cm³/mol. The average Bonchev–Trinajstić information content (AvgIpc) is 3.58.